The van der Waals surface area contributed by atoms with Crippen molar-refractivity contribution >= 4 is 15.9 Å². The molecule has 0 aliphatic carbocycles. The molecule has 1 aromatic rings. The van der Waals surface area contributed by atoms with Gasteiger partial charge in [-0.1, -0.05) is 35.0 Å². The van der Waals surface area contributed by atoms with Gasteiger partial charge in [0.2, 0.25) is 0 Å². The van der Waals surface area contributed by atoms with Crippen LogP contribution in [0.3, 0.4) is 0 Å². The van der Waals surface area contributed by atoms with Crippen LogP contribution < -0.4 is 5.73 Å². The SMILES string of the molecule is CCN1CCN(C(c2ccc(Br)cc2)C(C)N)CC1. The first-order valence-electron chi connectivity index (χ1n) is 7.09. The van der Waals surface area contributed by atoms with E-state index in [2.05, 4.69) is 63.8 Å². The predicted octanol–water partition coefficient (Wildman–Crippen LogP) is 2.47. The minimum absolute atomic E-state index is 0.148. The summed E-state index contributed by atoms with van der Waals surface area (Å²) in [5.41, 5.74) is 7.56. The molecule has 106 valence electrons. The maximum Gasteiger partial charge on any atom is 0.0497 e. The molecule has 2 unspecified atom stereocenters. The summed E-state index contributed by atoms with van der Waals surface area (Å²) in [6, 6.07) is 9.05. The molecule has 0 amide bonds. The number of hydrogen-bond donors (Lipinski definition) is 1. The van der Waals surface area contributed by atoms with E-state index in [4.69, 9.17) is 5.73 Å². The lowest BCUT2D eigenvalue weighted by Gasteiger charge is -2.40. The van der Waals surface area contributed by atoms with E-state index < -0.39 is 0 Å². The zero-order valence-electron chi connectivity index (χ0n) is 11.8. The molecule has 0 saturated carbocycles. The predicted molar refractivity (Wildman–Crippen MR) is 84.2 cm³/mol. The van der Waals surface area contributed by atoms with Crippen molar-refractivity contribution in [2.24, 2.45) is 5.73 Å². The Balaban J connectivity index is 2.10. The van der Waals surface area contributed by atoms with Crippen LogP contribution in [-0.4, -0.2) is 48.6 Å². The molecule has 2 atom stereocenters. The number of nitrogens with zero attached hydrogens (tertiary/aromatic N) is 2. The fourth-order valence-electron chi connectivity index (χ4n) is 2.86. The summed E-state index contributed by atoms with van der Waals surface area (Å²) < 4.78 is 1.12. The van der Waals surface area contributed by atoms with Crippen molar-refractivity contribution in [1.82, 2.24) is 9.80 Å². The Kier molecular flexibility index (Phi) is 5.39. The van der Waals surface area contributed by atoms with Crippen LogP contribution in [0.25, 0.3) is 0 Å². The molecule has 0 spiro atoms. The van der Waals surface area contributed by atoms with Crippen molar-refractivity contribution in [3.05, 3.63) is 34.3 Å². The van der Waals surface area contributed by atoms with E-state index in [0.29, 0.717) is 6.04 Å². The van der Waals surface area contributed by atoms with Crippen molar-refractivity contribution in [2.45, 2.75) is 25.9 Å². The third kappa shape index (κ3) is 3.78. The summed E-state index contributed by atoms with van der Waals surface area (Å²) in [7, 11) is 0. The Hall–Kier alpha value is -0.420. The van der Waals surface area contributed by atoms with Gasteiger partial charge in [-0.05, 0) is 31.2 Å². The fourth-order valence-corrected chi connectivity index (χ4v) is 3.13. The van der Waals surface area contributed by atoms with Gasteiger partial charge < -0.3 is 10.6 Å². The van der Waals surface area contributed by atoms with Crippen molar-refractivity contribution < 1.29 is 0 Å². The van der Waals surface area contributed by atoms with Gasteiger partial charge in [-0.3, -0.25) is 4.90 Å². The van der Waals surface area contributed by atoms with E-state index in [9.17, 15) is 0 Å². The molecule has 0 bridgehead atoms. The van der Waals surface area contributed by atoms with Crippen LogP contribution in [0.15, 0.2) is 28.7 Å². The van der Waals surface area contributed by atoms with Gasteiger partial charge in [-0.25, -0.2) is 0 Å². The van der Waals surface area contributed by atoms with Gasteiger partial charge in [0.05, 0.1) is 0 Å². The Labute approximate surface area is 124 Å². The number of piperazine rings is 1. The molecule has 0 radical (unpaired) electrons. The number of nitrogens with two attached hydrogens (primary N) is 1. The first-order chi connectivity index (χ1) is 9.11. The largest absolute Gasteiger partial charge is 0.326 e. The molecule has 2 N–H and O–H groups in total. The highest BCUT2D eigenvalue weighted by Crippen LogP contribution is 2.26. The molecular formula is C15H24BrN3. The van der Waals surface area contributed by atoms with Gasteiger partial charge >= 0.3 is 0 Å². The van der Waals surface area contributed by atoms with Crippen molar-refractivity contribution in [3.8, 4) is 0 Å². The van der Waals surface area contributed by atoms with Crippen LogP contribution in [0.2, 0.25) is 0 Å². The molecule has 19 heavy (non-hydrogen) atoms. The maximum absolute atomic E-state index is 6.24. The second-order valence-electron chi connectivity index (χ2n) is 5.33. The van der Waals surface area contributed by atoms with Crippen molar-refractivity contribution in [2.75, 3.05) is 32.7 Å². The zero-order chi connectivity index (χ0) is 13.8. The Morgan fingerprint density at radius 1 is 1.16 bits per heavy atom. The van der Waals surface area contributed by atoms with Gasteiger partial charge in [0, 0.05) is 42.7 Å². The smallest absolute Gasteiger partial charge is 0.0497 e. The first kappa shape index (κ1) is 15.0. The van der Waals surface area contributed by atoms with Crippen LogP contribution >= 0.6 is 15.9 Å². The summed E-state index contributed by atoms with van der Waals surface area (Å²) in [5.74, 6) is 0. The Morgan fingerprint density at radius 3 is 2.21 bits per heavy atom. The van der Waals surface area contributed by atoms with Crippen LogP contribution in [0.4, 0.5) is 0 Å². The lowest BCUT2D eigenvalue weighted by molar-refractivity contribution is 0.0898. The highest BCUT2D eigenvalue weighted by Gasteiger charge is 2.26. The number of likely N-dealkylation sites (N-methyl/N-ethyl adjacent to an activating group) is 1. The second-order valence-corrected chi connectivity index (χ2v) is 6.24. The average molecular weight is 326 g/mol. The third-order valence-electron chi connectivity index (χ3n) is 3.96. The van der Waals surface area contributed by atoms with Crippen LogP contribution in [0.1, 0.15) is 25.5 Å². The number of hydrogen-bond acceptors (Lipinski definition) is 3. The molecule has 4 heteroatoms. The van der Waals surface area contributed by atoms with Gasteiger partial charge in [0.15, 0.2) is 0 Å². The molecule has 0 aromatic heterocycles. The van der Waals surface area contributed by atoms with Crippen LogP contribution in [0.5, 0.6) is 0 Å². The van der Waals surface area contributed by atoms with Crippen molar-refractivity contribution in [3.63, 3.8) is 0 Å². The minimum Gasteiger partial charge on any atom is -0.326 e. The number of benzene rings is 1. The molecule has 1 heterocycles. The number of rotatable bonds is 4. The molecule has 3 nitrogen and oxygen atoms in total. The van der Waals surface area contributed by atoms with E-state index in [1.807, 2.05) is 0 Å². The summed E-state index contributed by atoms with van der Waals surface area (Å²) >= 11 is 3.49. The molecule has 1 aromatic carbocycles. The lowest BCUT2D eigenvalue weighted by Crippen LogP contribution is -2.50. The Bertz CT molecular complexity index is 383. The normalized spacial score (nSPS) is 21.3. The lowest BCUT2D eigenvalue weighted by atomic mass is 9.98. The van der Waals surface area contributed by atoms with Gasteiger partial charge in [0.25, 0.3) is 0 Å². The van der Waals surface area contributed by atoms with E-state index in [1.54, 1.807) is 0 Å². The summed E-state index contributed by atoms with van der Waals surface area (Å²) in [6.45, 7) is 10.0. The van der Waals surface area contributed by atoms with Gasteiger partial charge in [-0.2, -0.15) is 0 Å². The minimum atomic E-state index is 0.148. The topological polar surface area (TPSA) is 32.5 Å². The monoisotopic (exact) mass is 325 g/mol. The van der Waals surface area contributed by atoms with Gasteiger partial charge in [0.1, 0.15) is 0 Å². The summed E-state index contributed by atoms with van der Waals surface area (Å²) in [5, 5.41) is 0. The summed E-state index contributed by atoms with van der Waals surface area (Å²) in [6.07, 6.45) is 0. The van der Waals surface area contributed by atoms with Crippen molar-refractivity contribution in [1.29, 1.82) is 0 Å². The van der Waals surface area contributed by atoms with Gasteiger partial charge in [-0.15, -0.1) is 0 Å². The highest BCUT2D eigenvalue weighted by molar-refractivity contribution is 9.10. The summed E-state index contributed by atoms with van der Waals surface area (Å²) in [4.78, 5) is 5.02. The average Bonchev–Trinajstić information content (AvgIpc) is 2.42. The van der Waals surface area contributed by atoms with Crippen LogP contribution in [-0.2, 0) is 0 Å². The number of halogens is 1. The third-order valence-corrected chi connectivity index (χ3v) is 4.49. The van der Waals surface area contributed by atoms with E-state index in [0.717, 1.165) is 37.2 Å². The quantitative estimate of drug-likeness (QED) is 0.923. The molecule has 1 aliphatic rings. The molecule has 2 rings (SSSR count). The molecule has 1 fully saturated rings. The Morgan fingerprint density at radius 2 is 1.74 bits per heavy atom. The molecule has 1 saturated heterocycles. The second kappa shape index (κ2) is 6.84. The molecular weight excluding hydrogens is 302 g/mol. The highest BCUT2D eigenvalue weighted by atomic mass is 79.9. The fraction of sp³-hybridized carbons (Fsp3) is 0.600. The van der Waals surface area contributed by atoms with Crippen LogP contribution in [0, 0.1) is 0 Å². The maximum atomic E-state index is 6.24. The molecule has 1 aliphatic heterocycles. The van der Waals surface area contributed by atoms with E-state index in [1.165, 1.54) is 5.56 Å². The zero-order valence-corrected chi connectivity index (χ0v) is 13.4. The first-order valence-corrected chi connectivity index (χ1v) is 7.88. The standard InChI is InChI=1S/C15H24BrN3/c1-3-18-8-10-19(11-9-18)15(12(2)17)13-4-6-14(16)7-5-13/h4-7,12,15H,3,8-11,17H2,1-2H3. The van der Waals surface area contributed by atoms with E-state index >= 15 is 0 Å². The van der Waals surface area contributed by atoms with E-state index in [-0.39, 0.29) is 6.04 Å².